The van der Waals surface area contributed by atoms with Crippen LogP contribution in [0.1, 0.15) is 23.2 Å². The van der Waals surface area contributed by atoms with Gasteiger partial charge in [0.15, 0.2) is 0 Å². The standard InChI is InChI=1S/C13H17N3O3/c14-13(19)15-10-3-1-9(2-4-10)12(18)16-7-5-11(17)6-8-16/h1-4,11,17H,5-8H2,(H3,14,15,19). The van der Waals surface area contributed by atoms with Gasteiger partial charge in [0.1, 0.15) is 0 Å². The maximum Gasteiger partial charge on any atom is 0.316 e. The Bertz CT molecular complexity index is 465. The first-order valence-corrected chi connectivity index (χ1v) is 6.20. The van der Waals surface area contributed by atoms with E-state index in [4.69, 9.17) is 5.73 Å². The van der Waals surface area contributed by atoms with Crippen LogP contribution in [0.4, 0.5) is 10.5 Å². The molecule has 0 saturated carbocycles. The molecule has 0 radical (unpaired) electrons. The molecule has 1 aliphatic rings. The van der Waals surface area contributed by atoms with Gasteiger partial charge in [-0.25, -0.2) is 4.79 Å². The highest BCUT2D eigenvalue weighted by Gasteiger charge is 2.22. The first-order chi connectivity index (χ1) is 9.06. The van der Waals surface area contributed by atoms with Crippen LogP contribution >= 0.6 is 0 Å². The van der Waals surface area contributed by atoms with Gasteiger partial charge in [-0.3, -0.25) is 4.79 Å². The molecule has 2 rings (SSSR count). The molecule has 19 heavy (non-hydrogen) atoms. The number of amides is 3. The second-order valence-corrected chi connectivity index (χ2v) is 4.59. The largest absolute Gasteiger partial charge is 0.393 e. The quantitative estimate of drug-likeness (QED) is 0.735. The van der Waals surface area contributed by atoms with Gasteiger partial charge in [0.05, 0.1) is 6.10 Å². The number of aliphatic hydroxyl groups excluding tert-OH is 1. The first-order valence-electron chi connectivity index (χ1n) is 6.20. The SMILES string of the molecule is NC(=O)Nc1ccc(C(=O)N2CCC(O)CC2)cc1. The molecule has 1 aromatic carbocycles. The van der Waals surface area contributed by atoms with E-state index in [1.807, 2.05) is 0 Å². The van der Waals surface area contributed by atoms with E-state index < -0.39 is 6.03 Å². The minimum absolute atomic E-state index is 0.0578. The highest BCUT2D eigenvalue weighted by Crippen LogP contribution is 2.15. The van der Waals surface area contributed by atoms with E-state index in [9.17, 15) is 14.7 Å². The second-order valence-electron chi connectivity index (χ2n) is 4.59. The fraction of sp³-hybridized carbons (Fsp3) is 0.385. The van der Waals surface area contributed by atoms with Crippen LogP contribution in [0.25, 0.3) is 0 Å². The maximum absolute atomic E-state index is 12.2. The van der Waals surface area contributed by atoms with E-state index in [0.717, 1.165) is 0 Å². The molecule has 0 aromatic heterocycles. The third kappa shape index (κ3) is 3.45. The zero-order valence-corrected chi connectivity index (χ0v) is 10.5. The van der Waals surface area contributed by atoms with Gasteiger partial charge in [-0.1, -0.05) is 0 Å². The lowest BCUT2D eigenvalue weighted by atomic mass is 10.1. The van der Waals surface area contributed by atoms with E-state index >= 15 is 0 Å². The molecule has 0 unspecified atom stereocenters. The lowest BCUT2D eigenvalue weighted by Crippen LogP contribution is -2.40. The molecule has 6 nitrogen and oxygen atoms in total. The third-order valence-corrected chi connectivity index (χ3v) is 3.15. The zero-order valence-electron chi connectivity index (χ0n) is 10.5. The fourth-order valence-corrected chi connectivity index (χ4v) is 2.09. The molecule has 6 heteroatoms. The third-order valence-electron chi connectivity index (χ3n) is 3.15. The smallest absolute Gasteiger partial charge is 0.316 e. The predicted octanol–water partition coefficient (Wildman–Crippen LogP) is 0.774. The van der Waals surface area contributed by atoms with Gasteiger partial charge >= 0.3 is 6.03 Å². The number of benzene rings is 1. The number of hydrogen-bond acceptors (Lipinski definition) is 3. The van der Waals surface area contributed by atoms with Gasteiger partial charge in [-0.05, 0) is 37.1 Å². The Morgan fingerprint density at radius 2 is 1.79 bits per heavy atom. The molecule has 1 saturated heterocycles. The number of aliphatic hydroxyl groups is 1. The van der Waals surface area contributed by atoms with E-state index in [-0.39, 0.29) is 12.0 Å². The minimum atomic E-state index is -0.635. The van der Waals surface area contributed by atoms with Crippen LogP contribution < -0.4 is 11.1 Å². The molecule has 0 bridgehead atoms. The molecule has 3 amide bonds. The van der Waals surface area contributed by atoms with Gasteiger partial charge < -0.3 is 21.1 Å². The molecule has 4 N–H and O–H groups in total. The van der Waals surface area contributed by atoms with Crippen molar-refractivity contribution in [3.8, 4) is 0 Å². The van der Waals surface area contributed by atoms with Gasteiger partial charge in [0, 0.05) is 24.3 Å². The number of carbonyl (C=O) groups is 2. The molecule has 1 aliphatic heterocycles. The molecular formula is C13H17N3O3. The average Bonchev–Trinajstić information content (AvgIpc) is 2.39. The summed E-state index contributed by atoms with van der Waals surface area (Å²) in [5.41, 5.74) is 6.12. The van der Waals surface area contributed by atoms with E-state index in [1.165, 1.54) is 0 Å². The number of nitrogens with one attached hydrogen (secondary N) is 1. The zero-order chi connectivity index (χ0) is 13.8. The van der Waals surface area contributed by atoms with Crippen LogP contribution in [-0.4, -0.2) is 41.1 Å². The number of primary amides is 1. The van der Waals surface area contributed by atoms with Crippen LogP contribution in [0.3, 0.4) is 0 Å². The van der Waals surface area contributed by atoms with Crippen molar-refractivity contribution in [3.05, 3.63) is 29.8 Å². The molecule has 0 spiro atoms. The van der Waals surface area contributed by atoms with Gasteiger partial charge in [-0.2, -0.15) is 0 Å². The summed E-state index contributed by atoms with van der Waals surface area (Å²) in [6, 6.07) is 5.94. The molecule has 1 aromatic rings. The highest BCUT2D eigenvalue weighted by molar-refractivity contribution is 5.95. The summed E-state index contributed by atoms with van der Waals surface area (Å²) in [7, 11) is 0. The second kappa shape index (κ2) is 5.71. The molecule has 0 aliphatic carbocycles. The number of likely N-dealkylation sites (tertiary alicyclic amines) is 1. The van der Waals surface area contributed by atoms with Gasteiger partial charge in [0.2, 0.25) is 0 Å². The van der Waals surface area contributed by atoms with Crippen molar-refractivity contribution in [3.63, 3.8) is 0 Å². The summed E-state index contributed by atoms with van der Waals surface area (Å²) < 4.78 is 0. The minimum Gasteiger partial charge on any atom is -0.393 e. The number of carbonyl (C=O) groups excluding carboxylic acids is 2. The highest BCUT2D eigenvalue weighted by atomic mass is 16.3. The van der Waals surface area contributed by atoms with Gasteiger partial charge in [-0.15, -0.1) is 0 Å². The Morgan fingerprint density at radius 1 is 1.21 bits per heavy atom. The van der Waals surface area contributed by atoms with Crippen molar-refractivity contribution in [2.24, 2.45) is 5.73 Å². The Hall–Kier alpha value is -2.08. The fourth-order valence-electron chi connectivity index (χ4n) is 2.09. The lowest BCUT2D eigenvalue weighted by molar-refractivity contribution is 0.0546. The van der Waals surface area contributed by atoms with Gasteiger partial charge in [0.25, 0.3) is 5.91 Å². The van der Waals surface area contributed by atoms with E-state index in [0.29, 0.717) is 37.2 Å². The monoisotopic (exact) mass is 263 g/mol. The Morgan fingerprint density at radius 3 is 2.32 bits per heavy atom. The lowest BCUT2D eigenvalue weighted by Gasteiger charge is -2.29. The summed E-state index contributed by atoms with van der Waals surface area (Å²) >= 11 is 0. The molecule has 1 heterocycles. The molecular weight excluding hydrogens is 246 g/mol. The van der Waals surface area contributed by atoms with Crippen LogP contribution in [0.5, 0.6) is 0 Å². The number of urea groups is 1. The van der Waals surface area contributed by atoms with Crippen molar-refractivity contribution < 1.29 is 14.7 Å². The van der Waals surface area contributed by atoms with Crippen molar-refractivity contribution in [2.45, 2.75) is 18.9 Å². The number of nitrogens with two attached hydrogens (primary N) is 1. The number of nitrogens with zero attached hydrogens (tertiary/aromatic N) is 1. The normalized spacial score (nSPS) is 16.2. The number of rotatable bonds is 2. The topological polar surface area (TPSA) is 95.7 Å². The summed E-state index contributed by atoms with van der Waals surface area (Å²) in [5, 5.41) is 11.8. The summed E-state index contributed by atoms with van der Waals surface area (Å²) in [6.07, 6.45) is 0.936. The number of anilines is 1. The Balaban J connectivity index is 2.01. The Kier molecular flexibility index (Phi) is 4.01. The first kappa shape index (κ1) is 13.4. The van der Waals surface area contributed by atoms with Crippen molar-refractivity contribution in [1.82, 2.24) is 4.90 Å². The van der Waals surface area contributed by atoms with Crippen LogP contribution in [0.15, 0.2) is 24.3 Å². The van der Waals surface area contributed by atoms with Crippen molar-refractivity contribution in [2.75, 3.05) is 18.4 Å². The molecule has 102 valence electrons. The number of piperidine rings is 1. The number of hydrogen-bond donors (Lipinski definition) is 3. The van der Waals surface area contributed by atoms with Crippen LogP contribution in [0.2, 0.25) is 0 Å². The van der Waals surface area contributed by atoms with Crippen LogP contribution in [0, 0.1) is 0 Å². The molecule has 1 fully saturated rings. The van der Waals surface area contributed by atoms with E-state index in [1.54, 1.807) is 29.2 Å². The summed E-state index contributed by atoms with van der Waals surface area (Å²) in [4.78, 5) is 24.6. The van der Waals surface area contributed by atoms with E-state index in [2.05, 4.69) is 5.32 Å². The summed E-state index contributed by atoms with van der Waals surface area (Å²) in [6.45, 7) is 1.14. The molecule has 0 atom stereocenters. The maximum atomic E-state index is 12.2. The Labute approximate surface area is 111 Å². The predicted molar refractivity (Wildman–Crippen MR) is 70.8 cm³/mol. The summed E-state index contributed by atoms with van der Waals surface area (Å²) in [5.74, 6) is -0.0578. The van der Waals surface area contributed by atoms with Crippen molar-refractivity contribution >= 4 is 17.6 Å². The average molecular weight is 263 g/mol. The van der Waals surface area contributed by atoms with Crippen molar-refractivity contribution in [1.29, 1.82) is 0 Å². The van der Waals surface area contributed by atoms with Crippen LogP contribution in [-0.2, 0) is 0 Å².